The van der Waals surface area contributed by atoms with Gasteiger partial charge in [0.05, 0.1) is 39.4 Å². The van der Waals surface area contributed by atoms with Gasteiger partial charge in [0.25, 0.3) is 5.91 Å². The van der Waals surface area contributed by atoms with Crippen molar-refractivity contribution in [2.75, 3.05) is 33.8 Å². The Balaban J connectivity index is 2.06. The first kappa shape index (κ1) is 26.2. The van der Waals surface area contributed by atoms with Crippen LogP contribution in [0.1, 0.15) is 44.4 Å². The maximum atomic E-state index is 14.6. The number of carbonyl (C=O) groups is 2. The van der Waals surface area contributed by atoms with Crippen molar-refractivity contribution in [1.82, 2.24) is 4.90 Å². The van der Waals surface area contributed by atoms with Crippen LogP contribution >= 0.6 is 0 Å². The summed E-state index contributed by atoms with van der Waals surface area (Å²) in [5.74, 6) is -2.28. The predicted octanol–water partition coefficient (Wildman–Crippen LogP) is 1.77. The molecule has 1 fully saturated rings. The molecule has 0 aromatic heterocycles. The quantitative estimate of drug-likeness (QED) is 0.316. The number of likely N-dealkylation sites (tertiary alicyclic amines) is 1. The molecule has 1 aliphatic heterocycles. The number of nitrogens with one attached hydrogen (secondary N) is 1. The van der Waals surface area contributed by atoms with E-state index in [0.717, 1.165) is 12.6 Å². The van der Waals surface area contributed by atoms with Gasteiger partial charge in [-0.05, 0) is 56.2 Å². The van der Waals surface area contributed by atoms with Gasteiger partial charge in [0.2, 0.25) is 5.78 Å². The smallest absolute Gasteiger partial charge is 0.295 e. The molecule has 1 N–H and O–H groups in total. The third kappa shape index (κ3) is 6.00. The molecule has 0 aliphatic carbocycles. The van der Waals surface area contributed by atoms with Gasteiger partial charge < -0.3 is 24.4 Å². The molecule has 0 saturated carbocycles. The van der Waals surface area contributed by atoms with Crippen molar-refractivity contribution in [3.8, 4) is 11.5 Å². The molecule has 1 atom stereocenters. The number of rotatable bonds is 10. The van der Waals surface area contributed by atoms with Crippen molar-refractivity contribution < 1.29 is 33.5 Å². The van der Waals surface area contributed by atoms with Crippen LogP contribution < -0.4 is 19.5 Å². The summed E-state index contributed by atoms with van der Waals surface area (Å²) in [7, 11) is 4.01. The number of Topliss-reactive ketones (excluding diaryl/α,β-unsaturated/α-hetero) is 1. The van der Waals surface area contributed by atoms with E-state index in [1.165, 1.54) is 21.9 Å². The van der Waals surface area contributed by atoms with Crippen LogP contribution in [0.25, 0.3) is 5.76 Å². The van der Waals surface area contributed by atoms with Gasteiger partial charge in [0, 0.05) is 18.5 Å². The zero-order valence-electron chi connectivity index (χ0n) is 20.9. The van der Waals surface area contributed by atoms with Crippen molar-refractivity contribution in [1.29, 1.82) is 0 Å². The van der Waals surface area contributed by atoms with Crippen molar-refractivity contribution in [2.45, 2.75) is 39.3 Å². The first-order valence-corrected chi connectivity index (χ1v) is 11.9. The molecule has 1 aliphatic rings. The minimum absolute atomic E-state index is 0.00900. The predicted molar refractivity (Wildman–Crippen MR) is 128 cm³/mol. The van der Waals surface area contributed by atoms with Crippen LogP contribution in [0.2, 0.25) is 0 Å². The molecule has 1 amide bonds. The molecule has 8 heteroatoms. The highest BCUT2D eigenvalue weighted by Gasteiger charge is 2.44. The normalized spacial score (nSPS) is 17.5. The third-order valence-electron chi connectivity index (χ3n) is 5.67. The molecular weight excluding hydrogens is 451 g/mol. The van der Waals surface area contributed by atoms with E-state index in [1.54, 1.807) is 38.1 Å². The Hall–Kier alpha value is -3.39. The lowest BCUT2D eigenvalue weighted by atomic mass is 9.95. The van der Waals surface area contributed by atoms with Crippen LogP contribution in [0.15, 0.2) is 48.0 Å². The molecule has 1 heterocycles. The van der Waals surface area contributed by atoms with Crippen molar-refractivity contribution in [3.05, 3.63) is 65.0 Å². The number of amides is 1. The maximum absolute atomic E-state index is 14.6. The molecule has 0 radical (unpaired) electrons. The van der Waals surface area contributed by atoms with E-state index in [9.17, 15) is 19.1 Å². The van der Waals surface area contributed by atoms with E-state index in [2.05, 4.69) is 0 Å². The highest BCUT2D eigenvalue weighted by molar-refractivity contribution is 6.46. The van der Waals surface area contributed by atoms with E-state index >= 15 is 0 Å². The van der Waals surface area contributed by atoms with Crippen molar-refractivity contribution in [3.63, 3.8) is 0 Å². The van der Waals surface area contributed by atoms with Gasteiger partial charge in [-0.3, -0.25) is 9.59 Å². The van der Waals surface area contributed by atoms with Crippen LogP contribution in [0, 0.1) is 5.82 Å². The van der Waals surface area contributed by atoms with Crippen LogP contribution in [0.5, 0.6) is 11.5 Å². The molecular formula is C27H33FN2O5. The summed E-state index contributed by atoms with van der Waals surface area (Å²) in [4.78, 5) is 28.7. The molecule has 7 nitrogen and oxygen atoms in total. The summed E-state index contributed by atoms with van der Waals surface area (Å²) < 4.78 is 25.5. The van der Waals surface area contributed by atoms with Crippen LogP contribution in [-0.2, 0) is 9.59 Å². The number of carbonyl (C=O) groups excluding carboxylic acids is 2. The topological polar surface area (TPSA) is 83.3 Å². The van der Waals surface area contributed by atoms with E-state index in [4.69, 9.17) is 9.47 Å². The summed E-state index contributed by atoms with van der Waals surface area (Å²) in [5.41, 5.74) is 0.437. The first-order valence-electron chi connectivity index (χ1n) is 11.9. The van der Waals surface area contributed by atoms with Crippen molar-refractivity contribution in [2.24, 2.45) is 0 Å². The first-order chi connectivity index (χ1) is 16.6. The Morgan fingerprint density at radius 2 is 1.83 bits per heavy atom. The van der Waals surface area contributed by atoms with Crippen LogP contribution in [0.3, 0.4) is 0 Å². The monoisotopic (exact) mass is 484 g/mol. The molecule has 0 bridgehead atoms. The lowest BCUT2D eigenvalue weighted by Gasteiger charge is -2.28. The second kappa shape index (κ2) is 11.4. The van der Waals surface area contributed by atoms with Crippen LogP contribution in [0.4, 0.5) is 4.39 Å². The Labute approximate surface area is 205 Å². The summed E-state index contributed by atoms with van der Waals surface area (Å²) in [6.45, 7) is 7.02. The number of ketones is 1. The zero-order chi connectivity index (χ0) is 25.7. The van der Waals surface area contributed by atoms with Gasteiger partial charge >= 0.3 is 0 Å². The molecule has 3 rings (SSSR count). The van der Waals surface area contributed by atoms with E-state index in [1.807, 2.05) is 21.0 Å². The minimum Gasteiger partial charge on any atom is -0.872 e. The third-order valence-corrected chi connectivity index (χ3v) is 5.67. The molecule has 1 unspecified atom stereocenters. The fourth-order valence-corrected chi connectivity index (χ4v) is 4.11. The second-order valence-electron chi connectivity index (χ2n) is 9.10. The number of halogens is 1. The minimum atomic E-state index is -0.856. The highest BCUT2D eigenvalue weighted by Crippen LogP contribution is 2.39. The zero-order valence-corrected chi connectivity index (χ0v) is 20.9. The molecule has 2 aromatic carbocycles. The second-order valence-corrected chi connectivity index (χ2v) is 9.10. The summed E-state index contributed by atoms with van der Waals surface area (Å²) in [6, 6.07) is 9.97. The van der Waals surface area contributed by atoms with Crippen LogP contribution in [-0.4, -0.2) is 56.5 Å². The van der Waals surface area contributed by atoms with Gasteiger partial charge in [0.15, 0.2) is 11.6 Å². The van der Waals surface area contributed by atoms with Gasteiger partial charge in [-0.1, -0.05) is 24.0 Å². The fraction of sp³-hybridized carbons (Fsp3) is 0.407. The SMILES string of the molecule is CCOc1ccc(C2C(=C([O-])c3ccc(OC(C)C)c(F)c3)C(=O)C(=O)N2CCC[NH+](C)C)cc1. The lowest BCUT2D eigenvalue weighted by molar-refractivity contribution is -0.858. The number of nitrogens with zero attached hydrogens (tertiary/aromatic N) is 1. The average molecular weight is 485 g/mol. The number of ether oxygens (including phenoxy) is 2. The average Bonchev–Trinajstić information content (AvgIpc) is 3.05. The van der Waals surface area contributed by atoms with Gasteiger partial charge in [-0.25, -0.2) is 4.39 Å². The summed E-state index contributed by atoms with van der Waals surface area (Å²) >= 11 is 0. The van der Waals surface area contributed by atoms with Gasteiger partial charge in [-0.2, -0.15) is 0 Å². The number of benzene rings is 2. The summed E-state index contributed by atoms with van der Waals surface area (Å²) in [5, 5.41) is 13.5. The van der Waals surface area contributed by atoms with E-state index < -0.39 is 29.3 Å². The molecule has 1 saturated heterocycles. The molecule has 2 aromatic rings. The number of hydrogen-bond acceptors (Lipinski definition) is 5. The Morgan fingerprint density at radius 1 is 1.14 bits per heavy atom. The van der Waals surface area contributed by atoms with Gasteiger partial charge in [-0.15, -0.1) is 0 Å². The Kier molecular flexibility index (Phi) is 8.51. The number of hydrogen-bond donors (Lipinski definition) is 1. The largest absolute Gasteiger partial charge is 0.872 e. The fourth-order valence-electron chi connectivity index (χ4n) is 4.11. The lowest BCUT2D eigenvalue weighted by Crippen LogP contribution is -3.05. The summed E-state index contributed by atoms with van der Waals surface area (Å²) in [6.07, 6.45) is 0.419. The van der Waals surface area contributed by atoms with E-state index in [-0.39, 0.29) is 23.0 Å². The molecule has 188 valence electrons. The standard InChI is InChI=1S/C27H33FN2O5/c1-6-34-20-11-8-18(9-12-20)24-23(26(32)27(33)30(24)15-7-14-29(4)5)25(31)19-10-13-22(21(28)16-19)35-17(2)3/h8-13,16-17,24,31H,6-7,14-15H2,1-5H3. The Morgan fingerprint density at radius 3 is 2.40 bits per heavy atom. The molecule has 35 heavy (non-hydrogen) atoms. The van der Waals surface area contributed by atoms with E-state index in [0.29, 0.717) is 30.9 Å². The Bertz CT molecular complexity index is 1100. The number of quaternary nitrogens is 1. The maximum Gasteiger partial charge on any atom is 0.295 e. The van der Waals surface area contributed by atoms with Gasteiger partial charge in [0.1, 0.15) is 5.75 Å². The van der Waals surface area contributed by atoms with Crippen molar-refractivity contribution >= 4 is 17.4 Å². The highest BCUT2D eigenvalue weighted by atomic mass is 19.1. The molecule has 0 spiro atoms.